The third-order valence-corrected chi connectivity index (χ3v) is 4.39. The Morgan fingerprint density at radius 2 is 2.50 bits per heavy atom. The van der Waals surface area contributed by atoms with Crippen molar-refractivity contribution >= 4 is 28.8 Å². The predicted molar refractivity (Wildman–Crippen MR) is 75.6 cm³/mol. The van der Waals surface area contributed by atoms with E-state index in [4.69, 9.17) is 0 Å². The number of carbonyl (C=O) groups is 1. The van der Waals surface area contributed by atoms with Gasteiger partial charge in [0.25, 0.3) is 0 Å². The number of nitrogens with zero attached hydrogens (tertiary/aromatic N) is 2. The quantitative estimate of drug-likeness (QED) is 0.784. The molecule has 0 saturated heterocycles. The Labute approximate surface area is 115 Å². The Morgan fingerprint density at radius 1 is 1.67 bits per heavy atom. The first-order chi connectivity index (χ1) is 8.72. The van der Waals surface area contributed by atoms with Crippen molar-refractivity contribution in [1.29, 1.82) is 0 Å². The first-order valence-corrected chi connectivity index (χ1v) is 7.28. The normalized spacial score (nSPS) is 12.1. The van der Waals surface area contributed by atoms with Gasteiger partial charge in [-0.05, 0) is 36.0 Å². The molecule has 0 spiro atoms. The lowest BCUT2D eigenvalue weighted by molar-refractivity contribution is -0.128. The van der Waals surface area contributed by atoms with Crippen molar-refractivity contribution < 1.29 is 4.79 Å². The van der Waals surface area contributed by atoms with Gasteiger partial charge in [0.05, 0.1) is 6.04 Å². The standard InChI is InChI=1S/C13H14N2OS2/c1-3-13(16)15(8-11-7-14-18-9-11)10(2)12-5-4-6-17-12/h3-7,9-10H,1,8H2,2H3/t10-/m0/s1. The number of amides is 1. The summed E-state index contributed by atoms with van der Waals surface area (Å²) in [5, 5.41) is 3.99. The van der Waals surface area contributed by atoms with Gasteiger partial charge in [0, 0.05) is 28.6 Å². The molecule has 94 valence electrons. The van der Waals surface area contributed by atoms with Gasteiger partial charge in [-0.3, -0.25) is 4.79 Å². The minimum atomic E-state index is -0.0536. The molecule has 1 amide bonds. The SMILES string of the molecule is C=CC(=O)N(Cc1cnsc1)[C@@H](C)c1cccs1. The van der Waals surface area contributed by atoms with E-state index >= 15 is 0 Å². The van der Waals surface area contributed by atoms with Gasteiger partial charge in [-0.15, -0.1) is 11.3 Å². The van der Waals surface area contributed by atoms with Crippen molar-refractivity contribution in [3.63, 3.8) is 0 Å². The van der Waals surface area contributed by atoms with E-state index in [2.05, 4.69) is 11.0 Å². The minimum Gasteiger partial charge on any atom is -0.327 e. The molecule has 0 aliphatic rings. The number of thiophene rings is 1. The van der Waals surface area contributed by atoms with Crippen LogP contribution in [0.15, 0.2) is 41.7 Å². The Hall–Kier alpha value is -1.46. The summed E-state index contributed by atoms with van der Waals surface area (Å²) in [6.07, 6.45) is 3.17. The predicted octanol–water partition coefficient (Wildman–Crippen LogP) is 3.48. The zero-order valence-electron chi connectivity index (χ0n) is 10.1. The summed E-state index contributed by atoms with van der Waals surface area (Å²) in [7, 11) is 0. The number of hydrogen-bond donors (Lipinski definition) is 0. The van der Waals surface area contributed by atoms with Crippen LogP contribution < -0.4 is 0 Å². The van der Waals surface area contributed by atoms with E-state index in [0.29, 0.717) is 6.54 Å². The summed E-state index contributed by atoms with van der Waals surface area (Å²) in [5.41, 5.74) is 1.05. The molecule has 0 aliphatic heterocycles. The van der Waals surface area contributed by atoms with Gasteiger partial charge in [-0.25, -0.2) is 4.37 Å². The lowest BCUT2D eigenvalue weighted by Gasteiger charge is -2.27. The summed E-state index contributed by atoms with van der Waals surface area (Å²) in [4.78, 5) is 15.0. The molecule has 2 aromatic rings. The summed E-state index contributed by atoms with van der Waals surface area (Å²) < 4.78 is 4.06. The van der Waals surface area contributed by atoms with Crippen molar-refractivity contribution in [2.75, 3.05) is 0 Å². The first-order valence-electron chi connectivity index (χ1n) is 5.57. The van der Waals surface area contributed by atoms with Crippen molar-refractivity contribution in [3.05, 3.63) is 52.2 Å². The smallest absolute Gasteiger partial charge is 0.246 e. The fraction of sp³-hybridized carbons (Fsp3) is 0.231. The van der Waals surface area contributed by atoms with E-state index < -0.39 is 0 Å². The van der Waals surface area contributed by atoms with Gasteiger partial charge in [0.15, 0.2) is 0 Å². The maximum absolute atomic E-state index is 12.0. The Kier molecular flexibility index (Phi) is 4.28. The second-order valence-electron chi connectivity index (χ2n) is 3.89. The molecule has 0 aliphatic carbocycles. The highest BCUT2D eigenvalue weighted by Crippen LogP contribution is 2.26. The molecule has 0 fully saturated rings. The summed E-state index contributed by atoms with van der Waals surface area (Å²) in [6, 6.07) is 4.10. The Balaban J connectivity index is 2.19. The molecule has 0 saturated carbocycles. The maximum atomic E-state index is 12.0. The van der Waals surface area contributed by atoms with Gasteiger partial charge < -0.3 is 4.90 Å². The van der Waals surface area contributed by atoms with Crippen LogP contribution in [-0.2, 0) is 11.3 Å². The summed E-state index contributed by atoms with van der Waals surface area (Å²) >= 11 is 3.06. The number of rotatable bonds is 5. The van der Waals surface area contributed by atoms with Crippen molar-refractivity contribution in [3.8, 4) is 0 Å². The van der Waals surface area contributed by atoms with Crippen LogP contribution >= 0.6 is 22.9 Å². The van der Waals surface area contributed by atoms with Crippen molar-refractivity contribution in [2.24, 2.45) is 0 Å². The molecule has 1 atom stereocenters. The van der Waals surface area contributed by atoms with E-state index in [-0.39, 0.29) is 11.9 Å². The fourth-order valence-electron chi connectivity index (χ4n) is 1.71. The number of carbonyl (C=O) groups excluding carboxylic acids is 1. The largest absolute Gasteiger partial charge is 0.327 e. The highest BCUT2D eigenvalue weighted by atomic mass is 32.1. The zero-order chi connectivity index (χ0) is 13.0. The van der Waals surface area contributed by atoms with E-state index in [1.807, 2.05) is 34.7 Å². The van der Waals surface area contributed by atoms with Gasteiger partial charge in [0.1, 0.15) is 0 Å². The third-order valence-electron chi connectivity index (χ3n) is 2.72. The Morgan fingerprint density at radius 3 is 3.06 bits per heavy atom. The monoisotopic (exact) mass is 278 g/mol. The molecular weight excluding hydrogens is 264 g/mol. The van der Waals surface area contributed by atoms with Gasteiger partial charge in [-0.2, -0.15) is 0 Å². The molecule has 2 rings (SSSR count). The van der Waals surface area contributed by atoms with Crippen molar-refractivity contribution in [1.82, 2.24) is 9.27 Å². The van der Waals surface area contributed by atoms with Crippen LogP contribution in [0.3, 0.4) is 0 Å². The zero-order valence-corrected chi connectivity index (χ0v) is 11.7. The molecule has 0 radical (unpaired) electrons. The molecule has 2 heterocycles. The molecule has 0 bridgehead atoms. The highest BCUT2D eigenvalue weighted by molar-refractivity contribution is 7.10. The van der Waals surface area contributed by atoms with Gasteiger partial charge >= 0.3 is 0 Å². The highest BCUT2D eigenvalue weighted by Gasteiger charge is 2.20. The third kappa shape index (κ3) is 2.86. The second-order valence-corrected chi connectivity index (χ2v) is 5.53. The van der Waals surface area contributed by atoms with Crippen LogP contribution in [0.25, 0.3) is 0 Å². The van der Waals surface area contributed by atoms with Crippen LogP contribution in [0.1, 0.15) is 23.4 Å². The average Bonchev–Trinajstić information content (AvgIpc) is 3.06. The van der Waals surface area contributed by atoms with E-state index in [1.54, 1.807) is 17.5 Å². The van der Waals surface area contributed by atoms with Crippen LogP contribution in [0, 0.1) is 0 Å². The summed E-state index contributed by atoms with van der Waals surface area (Å²) in [5.74, 6) is -0.0536. The van der Waals surface area contributed by atoms with Crippen LogP contribution in [-0.4, -0.2) is 15.2 Å². The van der Waals surface area contributed by atoms with Gasteiger partial charge in [-0.1, -0.05) is 12.6 Å². The number of hydrogen-bond acceptors (Lipinski definition) is 4. The van der Waals surface area contributed by atoms with Gasteiger partial charge in [0.2, 0.25) is 5.91 Å². The number of aromatic nitrogens is 1. The average molecular weight is 278 g/mol. The molecular formula is C13H14N2OS2. The molecule has 0 aromatic carbocycles. The van der Waals surface area contributed by atoms with Crippen LogP contribution in [0.5, 0.6) is 0 Å². The van der Waals surface area contributed by atoms with Crippen molar-refractivity contribution in [2.45, 2.75) is 19.5 Å². The topological polar surface area (TPSA) is 33.2 Å². The molecule has 0 unspecified atom stereocenters. The lowest BCUT2D eigenvalue weighted by atomic mass is 10.2. The minimum absolute atomic E-state index is 0.0513. The van der Waals surface area contributed by atoms with E-state index in [9.17, 15) is 4.79 Å². The van der Waals surface area contributed by atoms with Crippen LogP contribution in [0.4, 0.5) is 0 Å². The summed E-state index contributed by atoms with van der Waals surface area (Å²) in [6.45, 7) is 6.18. The first kappa shape index (κ1) is 13.0. The second kappa shape index (κ2) is 5.93. The molecule has 2 aromatic heterocycles. The van der Waals surface area contributed by atoms with Crippen LogP contribution in [0.2, 0.25) is 0 Å². The molecule has 5 heteroatoms. The fourth-order valence-corrected chi connectivity index (χ4v) is 3.03. The van der Waals surface area contributed by atoms with E-state index in [1.165, 1.54) is 22.5 Å². The molecule has 3 nitrogen and oxygen atoms in total. The Bertz CT molecular complexity index is 505. The molecule has 18 heavy (non-hydrogen) atoms. The maximum Gasteiger partial charge on any atom is 0.246 e. The molecule has 0 N–H and O–H groups in total. The lowest BCUT2D eigenvalue weighted by Crippen LogP contribution is -2.31. The van der Waals surface area contributed by atoms with E-state index in [0.717, 1.165) is 5.56 Å².